The van der Waals surface area contributed by atoms with Crippen LogP contribution in [0, 0.1) is 0 Å². The first-order chi connectivity index (χ1) is 11.7. The van der Waals surface area contributed by atoms with Gasteiger partial charge in [0.05, 0.1) is 11.5 Å². The predicted octanol–water partition coefficient (Wildman–Crippen LogP) is 0.170. The Bertz CT molecular complexity index is 774. The number of sulfonamides is 1. The molecule has 1 aromatic rings. The van der Waals surface area contributed by atoms with E-state index in [1.807, 2.05) is 0 Å². The largest absolute Gasteiger partial charge is 0.463 e. The van der Waals surface area contributed by atoms with Crippen LogP contribution >= 0.6 is 0 Å². The highest BCUT2D eigenvalue weighted by molar-refractivity contribution is 7.89. The standard InChI is InChI=1S/C15H18N2O7S/c1-9(14(19)24-13-7-8-23-15(13)20)17-25(21,22)12-5-3-11(4-6-12)16-10(2)18/h3-6,9,13,17H,7-8H2,1-2H3,(H,16,18)/t9-,13-/m0/s1. The van der Waals surface area contributed by atoms with Gasteiger partial charge >= 0.3 is 11.9 Å². The molecule has 0 spiro atoms. The van der Waals surface area contributed by atoms with Crippen molar-refractivity contribution in [2.45, 2.75) is 37.3 Å². The summed E-state index contributed by atoms with van der Waals surface area (Å²) in [5.41, 5.74) is 0.443. The highest BCUT2D eigenvalue weighted by Gasteiger charge is 2.32. The smallest absolute Gasteiger partial charge is 0.347 e. The monoisotopic (exact) mass is 370 g/mol. The van der Waals surface area contributed by atoms with Crippen LogP contribution in [0.5, 0.6) is 0 Å². The van der Waals surface area contributed by atoms with Gasteiger partial charge in [0.1, 0.15) is 6.04 Å². The number of rotatable bonds is 6. The number of benzene rings is 1. The summed E-state index contributed by atoms with van der Waals surface area (Å²) in [7, 11) is -3.98. The number of nitrogens with one attached hydrogen (secondary N) is 2. The minimum atomic E-state index is -3.98. The van der Waals surface area contributed by atoms with Gasteiger partial charge in [-0.25, -0.2) is 13.2 Å². The van der Waals surface area contributed by atoms with Gasteiger partial charge < -0.3 is 14.8 Å². The second kappa shape index (κ2) is 7.62. The average molecular weight is 370 g/mol. The predicted molar refractivity (Wildman–Crippen MR) is 86.0 cm³/mol. The summed E-state index contributed by atoms with van der Waals surface area (Å²) in [6.45, 7) is 2.81. The van der Waals surface area contributed by atoms with Crippen LogP contribution in [0.25, 0.3) is 0 Å². The molecule has 0 saturated carbocycles. The Morgan fingerprint density at radius 3 is 2.44 bits per heavy atom. The minimum Gasteiger partial charge on any atom is -0.463 e. The average Bonchev–Trinajstić information content (AvgIpc) is 2.92. The number of carbonyl (C=O) groups is 3. The van der Waals surface area contributed by atoms with Crippen LogP contribution < -0.4 is 10.0 Å². The Morgan fingerprint density at radius 2 is 1.92 bits per heavy atom. The van der Waals surface area contributed by atoms with Crippen LogP contribution in [0.3, 0.4) is 0 Å². The van der Waals surface area contributed by atoms with Crippen molar-refractivity contribution in [1.82, 2.24) is 4.72 Å². The number of carbonyl (C=O) groups excluding carboxylic acids is 3. The second-order valence-electron chi connectivity index (χ2n) is 5.43. The zero-order chi connectivity index (χ0) is 18.6. The number of amides is 1. The van der Waals surface area contributed by atoms with E-state index in [0.29, 0.717) is 5.69 Å². The third kappa shape index (κ3) is 5.00. The maximum atomic E-state index is 12.3. The van der Waals surface area contributed by atoms with E-state index in [-0.39, 0.29) is 23.8 Å². The summed E-state index contributed by atoms with van der Waals surface area (Å²) in [6, 6.07) is 4.24. The molecule has 1 saturated heterocycles. The SMILES string of the molecule is CC(=O)Nc1ccc(S(=O)(=O)N[C@@H](C)C(=O)O[C@H]2CCOC2=O)cc1. The van der Waals surface area contributed by atoms with Crippen LogP contribution in [0.2, 0.25) is 0 Å². The van der Waals surface area contributed by atoms with E-state index in [9.17, 15) is 22.8 Å². The van der Waals surface area contributed by atoms with Crippen molar-refractivity contribution in [3.63, 3.8) is 0 Å². The van der Waals surface area contributed by atoms with Gasteiger partial charge in [0.15, 0.2) is 0 Å². The molecular formula is C15H18N2O7S. The van der Waals surface area contributed by atoms with Gasteiger partial charge in [0, 0.05) is 19.0 Å². The third-order valence-corrected chi connectivity index (χ3v) is 4.87. The van der Waals surface area contributed by atoms with Gasteiger partial charge in [-0.3, -0.25) is 9.59 Å². The van der Waals surface area contributed by atoms with E-state index < -0.39 is 34.1 Å². The zero-order valence-corrected chi connectivity index (χ0v) is 14.5. The Morgan fingerprint density at radius 1 is 1.28 bits per heavy atom. The topological polar surface area (TPSA) is 128 Å². The fourth-order valence-electron chi connectivity index (χ4n) is 2.10. The summed E-state index contributed by atoms with van der Waals surface area (Å²) in [5, 5.41) is 2.51. The normalized spacial score (nSPS) is 18.3. The minimum absolute atomic E-state index is 0.0819. The lowest BCUT2D eigenvalue weighted by Gasteiger charge is -2.15. The molecule has 0 aliphatic carbocycles. The molecule has 0 unspecified atom stereocenters. The molecule has 10 heteroatoms. The number of cyclic esters (lactones) is 1. The van der Waals surface area contributed by atoms with E-state index >= 15 is 0 Å². The van der Waals surface area contributed by atoms with Crippen LogP contribution in [0.1, 0.15) is 20.3 Å². The number of hydrogen-bond acceptors (Lipinski definition) is 7. The maximum Gasteiger partial charge on any atom is 0.347 e. The maximum absolute atomic E-state index is 12.3. The lowest BCUT2D eigenvalue weighted by molar-refractivity contribution is -0.161. The molecule has 2 atom stereocenters. The summed E-state index contributed by atoms with van der Waals surface area (Å²) in [4.78, 5) is 34.1. The molecule has 0 bridgehead atoms. The first-order valence-electron chi connectivity index (χ1n) is 7.46. The summed E-state index contributed by atoms with van der Waals surface area (Å²) in [6.07, 6.45) is -0.759. The van der Waals surface area contributed by atoms with Crippen molar-refractivity contribution in [3.05, 3.63) is 24.3 Å². The molecule has 0 radical (unpaired) electrons. The van der Waals surface area contributed by atoms with Crippen molar-refractivity contribution in [1.29, 1.82) is 0 Å². The van der Waals surface area contributed by atoms with Gasteiger partial charge in [-0.2, -0.15) is 4.72 Å². The van der Waals surface area contributed by atoms with Crippen molar-refractivity contribution >= 4 is 33.6 Å². The lowest BCUT2D eigenvalue weighted by Crippen LogP contribution is -2.41. The quantitative estimate of drug-likeness (QED) is 0.683. The molecule has 1 amide bonds. The molecule has 1 aromatic carbocycles. The molecule has 1 fully saturated rings. The van der Waals surface area contributed by atoms with Crippen LogP contribution in [-0.2, 0) is 33.9 Å². The summed E-state index contributed by atoms with van der Waals surface area (Å²) < 4.78 is 36.4. The molecule has 0 aromatic heterocycles. The highest BCUT2D eigenvalue weighted by atomic mass is 32.2. The van der Waals surface area contributed by atoms with Gasteiger partial charge in [0.2, 0.25) is 22.0 Å². The Hall–Kier alpha value is -2.46. The molecule has 2 N–H and O–H groups in total. The van der Waals surface area contributed by atoms with Crippen molar-refractivity contribution in [3.8, 4) is 0 Å². The van der Waals surface area contributed by atoms with Gasteiger partial charge in [-0.05, 0) is 31.2 Å². The first kappa shape index (κ1) is 18.9. The molecule has 9 nitrogen and oxygen atoms in total. The molecule has 1 heterocycles. The van der Waals surface area contributed by atoms with E-state index in [2.05, 4.69) is 14.8 Å². The van der Waals surface area contributed by atoms with Crippen molar-refractivity contribution in [2.75, 3.05) is 11.9 Å². The number of ether oxygens (including phenoxy) is 2. The molecule has 136 valence electrons. The van der Waals surface area contributed by atoms with Gasteiger partial charge in [-0.15, -0.1) is 0 Å². The Labute approximate surface area is 144 Å². The van der Waals surface area contributed by atoms with E-state index in [1.54, 1.807) is 0 Å². The first-order valence-corrected chi connectivity index (χ1v) is 8.94. The fourth-order valence-corrected chi connectivity index (χ4v) is 3.29. The number of esters is 2. The third-order valence-electron chi connectivity index (χ3n) is 3.32. The molecule has 25 heavy (non-hydrogen) atoms. The Balaban J connectivity index is 2.00. The van der Waals surface area contributed by atoms with E-state index in [0.717, 1.165) is 0 Å². The fraction of sp³-hybridized carbons (Fsp3) is 0.400. The van der Waals surface area contributed by atoms with Gasteiger partial charge in [-0.1, -0.05) is 0 Å². The lowest BCUT2D eigenvalue weighted by atomic mass is 10.3. The van der Waals surface area contributed by atoms with Gasteiger partial charge in [0.25, 0.3) is 0 Å². The van der Waals surface area contributed by atoms with Crippen molar-refractivity contribution in [2.24, 2.45) is 0 Å². The summed E-state index contributed by atoms with van der Waals surface area (Å²) in [5.74, 6) is -1.80. The van der Waals surface area contributed by atoms with Crippen LogP contribution in [0.4, 0.5) is 5.69 Å². The number of hydrogen-bond donors (Lipinski definition) is 2. The molecule has 2 rings (SSSR count). The Kier molecular flexibility index (Phi) is 5.75. The van der Waals surface area contributed by atoms with E-state index in [1.165, 1.54) is 38.1 Å². The van der Waals surface area contributed by atoms with Crippen LogP contribution in [-0.4, -0.2) is 45.0 Å². The van der Waals surface area contributed by atoms with E-state index in [4.69, 9.17) is 4.74 Å². The zero-order valence-electron chi connectivity index (χ0n) is 13.6. The van der Waals surface area contributed by atoms with Crippen LogP contribution in [0.15, 0.2) is 29.2 Å². The molecule has 1 aliphatic heterocycles. The molecular weight excluding hydrogens is 352 g/mol. The molecule has 1 aliphatic rings. The highest BCUT2D eigenvalue weighted by Crippen LogP contribution is 2.15. The number of anilines is 1. The second-order valence-corrected chi connectivity index (χ2v) is 7.14. The van der Waals surface area contributed by atoms with Crippen molar-refractivity contribution < 1.29 is 32.3 Å². The summed E-state index contributed by atoms with van der Waals surface area (Å²) >= 11 is 0.